The van der Waals surface area contributed by atoms with Gasteiger partial charge in [0.2, 0.25) is 0 Å². The second kappa shape index (κ2) is 6.40. The van der Waals surface area contributed by atoms with Gasteiger partial charge in [-0.2, -0.15) is 0 Å². The summed E-state index contributed by atoms with van der Waals surface area (Å²) in [6, 6.07) is 10.1. The number of para-hydroxylation sites is 1. The molecule has 0 saturated heterocycles. The van der Waals surface area contributed by atoms with Crippen molar-refractivity contribution in [2.24, 2.45) is 0 Å². The summed E-state index contributed by atoms with van der Waals surface area (Å²) in [5.74, 6) is 0.417. The second-order valence-electron chi connectivity index (χ2n) is 6.47. The minimum atomic E-state index is -0.175. The van der Waals surface area contributed by atoms with E-state index in [4.69, 9.17) is 0 Å². The van der Waals surface area contributed by atoms with E-state index in [2.05, 4.69) is 40.8 Å². The quantitative estimate of drug-likeness (QED) is 0.482. The van der Waals surface area contributed by atoms with Crippen LogP contribution in [0.2, 0.25) is 0 Å². The molecular weight excluding hydrogens is 318 g/mol. The number of aromatic nitrogens is 2. The fourth-order valence-electron chi connectivity index (χ4n) is 3.08. The largest absolute Gasteiger partial charge is 0.347 e. The van der Waals surface area contributed by atoms with Gasteiger partial charge in [0.25, 0.3) is 0 Å². The number of fused-ring (bicyclic) bond motifs is 1. The molecule has 3 rings (SSSR count). The number of likely N-dealkylation sites (N-methyl/N-ethyl adjacent to an activating group) is 1. The monoisotopic (exact) mass is 339 g/mol. The van der Waals surface area contributed by atoms with E-state index in [1.54, 1.807) is 12.3 Å². The van der Waals surface area contributed by atoms with Gasteiger partial charge in [0.15, 0.2) is 10.9 Å². The molecule has 4 nitrogen and oxygen atoms in total. The zero-order valence-electron chi connectivity index (χ0n) is 14.4. The van der Waals surface area contributed by atoms with Crippen LogP contribution in [0.5, 0.6) is 0 Å². The third-order valence-electron chi connectivity index (χ3n) is 4.35. The number of hydrogen-bond acceptors (Lipinski definition) is 5. The van der Waals surface area contributed by atoms with E-state index in [0.717, 1.165) is 17.1 Å². The third kappa shape index (κ3) is 3.08. The molecule has 0 fully saturated rings. The number of rotatable bonds is 4. The van der Waals surface area contributed by atoms with Crippen molar-refractivity contribution >= 4 is 23.2 Å². The van der Waals surface area contributed by atoms with Crippen molar-refractivity contribution in [2.75, 3.05) is 17.7 Å². The van der Waals surface area contributed by atoms with Gasteiger partial charge in [-0.25, -0.2) is 9.97 Å². The Labute approximate surface area is 147 Å². The van der Waals surface area contributed by atoms with Crippen LogP contribution in [-0.2, 0) is 10.2 Å². The highest BCUT2D eigenvalue weighted by Gasteiger charge is 2.38. The molecule has 2 heterocycles. The van der Waals surface area contributed by atoms with E-state index in [-0.39, 0.29) is 11.2 Å². The molecule has 0 bridgehead atoms. The maximum Gasteiger partial charge on any atom is 0.188 e. The average Bonchev–Trinajstić information content (AvgIpc) is 2.75. The fraction of sp³-hybridized carbons (Fsp3) is 0.316. The average molecular weight is 339 g/mol. The zero-order valence-corrected chi connectivity index (χ0v) is 15.2. The number of allylic oxidation sites excluding steroid dienone is 2. The maximum atomic E-state index is 12.5. The van der Waals surface area contributed by atoms with Gasteiger partial charge >= 0.3 is 0 Å². The molecule has 0 spiro atoms. The third-order valence-corrected chi connectivity index (χ3v) is 5.24. The number of benzene rings is 1. The fourth-order valence-corrected chi connectivity index (χ4v) is 3.78. The predicted octanol–water partition coefficient (Wildman–Crippen LogP) is 3.76. The summed E-state index contributed by atoms with van der Waals surface area (Å²) in [7, 11) is 2.02. The first-order valence-corrected chi connectivity index (χ1v) is 8.89. The number of hydrogen-bond donors (Lipinski definition) is 0. The van der Waals surface area contributed by atoms with E-state index in [9.17, 15) is 4.79 Å². The molecule has 0 radical (unpaired) electrons. The molecule has 0 saturated carbocycles. The van der Waals surface area contributed by atoms with Crippen molar-refractivity contribution in [1.29, 1.82) is 0 Å². The standard InChI is InChI=1S/C19H21N3OS/c1-13-9-10-20-18(21-13)24-12-14(23)11-17-19(2,3)15-7-5-6-8-16(15)22(17)4/h5-11H,12H2,1-4H3/b17-11-. The number of aryl methyl sites for hydroxylation is 1. The minimum Gasteiger partial charge on any atom is -0.347 e. The predicted molar refractivity (Wildman–Crippen MR) is 98.5 cm³/mol. The number of carbonyl (C=O) groups is 1. The van der Waals surface area contributed by atoms with Crippen LogP contribution in [0.3, 0.4) is 0 Å². The highest BCUT2D eigenvalue weighted by Crippen LogP contribution is 2.46. The van der Waals surface area contributed by atoms with E-state index in [1.165, 1.54) is 17.3 Å². The van der Waals surface area contributed by atoms with Crippen LogP contribution < -0.4 is 4.90 Å². The molecule has 0 aliphatic carbocycles. The van der Waals surface area contributed by atoms with Crippen molar-refractivity contribution in [3.63, 3.8) is 0 Å². The van der Waals surface area contributed by atoms with Gasteiger partial charge in [0, 0.05) is 41.8 Å². The summed E-state index contributed by atoms with van der Waals surface area (Å²) in [5.41, 5.74) is 4.17. The Kier molecular flexibility index (Phi) is 4.45. The summed E-state index contributed by atoms with van der Waals surface area (Å²) in [6.07, 6.45) is 3.49. The number of carbonyl (C=O) groups excluding carboxylic acids is 1. The van der Waals surface area contributed by atoms with Crippen molar-refractivity contribution in [2.45, 2.75) is 31.3 Å². The van der Waals surface area contributed by atoms with Crippen molar-refractivity contribution in [1.82, 2.24) is 9.97 Å². The molecule has 0 N–H and O–H groups in total. The molecule has 2 aromatic rings. The second-order valence-corrected chi connectivity index (χ2v) is 7.41. The van der Waals surface area contributed by atoms with E-state index < -0.39 is 0 Å². The summed E-state index contributed by atoms with van der Waals surface area (Å²) in [4.78, 5) is 23.1. The normalized spacial score (nSPS) is 17.2. The maximum absolute atomic E-state index is 12.5. The van der Waals surface area contributed by atoms with Crippen molar-refractivity contribution in [3.05, 3.63) is 59.6 Å². The molecule has 0 unspecified atom stereocenters. The molecule has 24 heavy (non-hydrogen) atoms. The molecule has 5 heteroatoms. The van der Waals surface area contributed by atoms with Crippen LogP contribution in [-0.4, -0.2) is 28.6 Å². The minimum absolute atomic E-state index is 0.0767. The van der Waals surface area contributed by atoms with Crippen LogP contribution in [0.15, 0.2) is 53.5 Å². The molecular formula is C19H21N3OS. The molecule has 124 valence electrons. The van der Waals surface area contributed by atoms with Gasteiger partial charge < -0.3 is 4.90 Å². The van der Waals surface area contributed by atoms with Gasteiger partial charge in [-0.3, -0.25) is 4.79 Å². The van der Waals surface area contributed by atoms with Gasteiger partial charge in [0.05, 0.1) is 5.75 Å². The Morgan fingerprint density at radius 1 is 1.29 bits per heavy atom. The number of anilines is 1. The van der Waals surface area contributed by atoms with Gasteiger partial charge in [-0.15, -0.1) is 0 Å². The van der Waals surface area contributed by atoms with Crippen LogP contribution >= 0.6 is 11.8 Å². The van der Waals surface area contributed by atoms with E-state index in [1.807, 2.05) is 32.2 Å². The molecule has 0 amide bonds. The Balaban J connectivity index is 1.77. The lowest BCUT2D eigenvalue weighted by Gasteiger charge is -2.23. The van der Waals surface area contributed by atoms with Crippen LogP contribution in [0.4, 0.5) is 5.69 Å². The van der Waals surface area contributed by atoms with E-state index >= 15 is 0 Å². The molecule has 1 aliphatic heterocycles. The Morgan fingerprint density at radius 3 is 2.75 bits per heavy atom. The number of nitrogens with zero attached hydrogens (tertiary/aromatic N) is 3. The van der Waals surface area contributed by atoms with Gasteiger partial charge in [-0.05, 0) is 24.6 Å². The summed E-state index contributed by atoms with van der Waals surface area (Å²) >= 11 is 1.38. The first-order chi connectivity index (χ1) is 11.4. The summed E-state index contributed by atoms with van der Waals surface area (Å²) in [6.45, 7) is 6.24. The zero-order chi connectivity index (χ0) is 17.3. The van der Waals surface area contributed by atoms with Crippen LogP contribution in [0.25, 0.3) is 0 Å². The number of ketones is 1. The highest BCUT2D eigenvalue weighted by molar-refractivity contribution is 7.99. The lowest BCUT2D eigenvalue weighted by Crippen LogP contribution is -2.24. The molecule has 1 aromatic heterocycles. The molecule has 1 aromatic carbocycles. The summed E-state index contributed by atoms with van der Waals surface area (Å²) < 4.78 is 0. The topological polar surface area (TPSA) is 46.1 Å². The smallest absolute Gasteiger partial charge is 0.188 e. The Hall–Kier alpha value is -2.14. The lowest BCUT2D eigenvalue weighted by molar-refractivity contribution is -0.112. The number of thioether (sulfide) groups is 1. The highest BCUT2D eigenvalue weighted by atomic mass is 32.2. The van der Waals surface area contributed by atoms with E-state index in [0.29, 0.717) is 10.9 Å². The van der Waals surface area contributed by atoms with Crippen LogP contribution in [0.1, 0.15) is 25.1 Å². The summed E-state index contributed by atoms with van der Waals surface area (Å²) in [5, 5.41) is 0.643. The Bertz CT molecular complexity index is 814. The van der Waals surface area contributed by atoms with Crippen molar-refractivity contribution < 1.29 is 4.79 Å². The van der Waals surface area contributed by atoms with Crippen molar-refractivity contribution in [3.8, 4) is 0 Å². The van der Waals surface area contributed by atoms with Crippen LogP contribution in [0, 0.1) is 6.92 Å². The first kappa shape index (κ1) is 16.7. The first-order valence-electron chi connectivity index (χ1n) is 7.90. The van der Waals surface area contributed by atoms with Gasteiger partial charge in [0.1, 0.15) is 0 Å². The lowest BCUT2D eigenvalue weighted by atomic mass is 9.83. The SMILES string of the molecule is Cc1ccnc(SCC(=O)/C=C2\N(C)c3ccccc3C2(C)C)n1. The molecule has 0 atom stereocenters. The Morgan fingerprint density at radius 2 is 2.04 bits per heavy atom. The molecule has 1 aliphatic rings. The van der Waals surface area contributed by atoms with Gasteiger partial charge in [-0.1, -0.05) is 43.8 Å².